The van der Waals surface area contributed by atoms with Gasteiger partial charge in [-0.05, 0) is 41.1 Å². The SMILES string of the molecule is FC(F)(F)c1cc([B-](c2cc(C(F)(F)F)cc(C(F)(F)F)c2)(c2cc(C(F)(F)F)cc(C(F)(F)F)c2)c2cc(C(F)(F)F)cc(C(F)(F)F)c2)cc(C(F)(F)F)c1.O=C(C[n+]1ccc(C(=O)c2ccc3ccccc3c2)cc1)c1ccccc1. The number of alkyl halides is 24. The van der Waals surface area contributed by atoms with Crippen molar-refractivity contribution in [2.45, 2.75) is 56.0 Å². The smallest absolute Gasteiger partial charge is 0.289 e. The van der Waals surface area contributed by atoms with Crippen LogP contribution in [0.5, 0.6) is 0 Å². The highest BCUT2D eigenvalue weighted by atomic mass is 19.4. The third kappa shape index (κ3) is 14.2. The van der Waals surface area contributed by atoms with Gasteiger partial charge >= 0.3 is 49.4 Å². The van der Waals surface area contributed by atoms with Gasteiger partial charge in [0.05, 0.1) is 44.5 Å². The fraction of sp³-hybridized carbons (Fsp3) is 0.161. The molecule has 0 N–H and O–H groups in total. The standard InChI is InChI=1S/C32H12BF24.C24H18NO2/c34-25(35,36)13-1-14(26(37,38)39)6-21(5-13)33(22-7-15(27(40,41)42)2-16(8-22)28(43,44)45,23-9-17(29(46,47)48)3-18(10-23)30(49,50)51)24-11-19(31(52,53)54)4-20(12-24)32(55,56)57;26-23(19-7-2-1-3-8-19)17-25-14-12-20(13-15-25)24(27)22-11-10-18-6-4-5-9-21(18)16-22/h1-12H;1-16H,17H2/q-1;+1. The lowest BCUT2D eigenvalue weighted by Gasteiger charge is -2.46. The number of carbonyl (C=O) groups is 2. The molecule has 0 spiro atoms. The molecule has 0 aliphatic rings. The zero-order chi connectivity index (χ0) is 62.6. The minimum Gasteiger partial charge on any atom is -0.289 e. The zero-order valence-corrected chi connectivity index (χ0v) is 41.3. The van der Waals surface area contributed by atoms with Gasteiger partial charge in [-0.25, -0.2) is 0 Å². The summed E-state index contributed by atoms with van der Waals surface area (Å²) in [6.07, 6.45) is -51.3. The molecule has 1 heterocycles. The van der Waals surface area contributed by atoms with Gasteiger partial charge in [-0.1, -0.05) is 115 Å². The Labute approximate surface area is 456 Å². The van der Waals surface area contributed by atoms with E-state index in [2.05, 4.69) is 0 Å². The molecule has 0 saturated carbocycles. The van der Waals surface area contributed by atoms with Crippen molar-refractivity contribution >= 4 is 50.3 Å². The van der Waals surface area contributed by atoms with Crippen molar-refractivity contribution in [1.29, 1.82) is 0 Å². The van der Waals surface area contributed by atoms with Gasteiger partial charge in [0.15, 0.2) is 18.2 Å². The highest BCUT2D eigenvalue weighted by Crippen LogP contribution is 2.41. The van der Waals surface area contributed by atoms with E-state index in [1.807, 2.05) is 60.7 Å². The maximum atomic E-state index is 14.2. The van der Waals surface area contributed by atoms with E-state index in [-0.39, 0.29) is 18.1 Å². The second kappa shape index (κ2) is 22.3. The van der Waals surface area contributed by atoms with Crippen LogP contribution in [0.15, 0.2) is 170 Å². The highest BCUT2D eigenvalue weighted by molar-refractivity contribution is 7.20. The summed E-state index contributed by atoms with van der Waals surface area (Å²) in [7, 11) is 0. The second-order valence-electron chi connectivity index (χ2n) is 18.7. The van der Waals surface area contributed by atoms with E-state index in [0.29, 0.717) is 16.7 Å². The van der Waals surface area contributed by atoms with Gasteiger partial charge in [-0.2, -0.15) is 132 Å². The summed E-state index contributed by atoms with van der Waals surface area (Å²) >= 11 is 0. The largest absolute Gasteiger partial charge is 0.416 e. The predicted octanol–water partition coefficient (Wildman–Crippen LogP) is 15.5. The first-order valence-corrected chi connectivity index (χ1v) is 23.4. The zero-order valence-electron chi connectivity index (χ0n) is 41.3. The third-order valence-electron chi connectivity index (χ3n) is 13.0. The van der Waals surface area contributed by atoms with Crippen molar-refractivity contribution in [2.75, 3.05) is 0 Å². The lowest BCUT2D eigenvalue weighted by molar-refractivity contribution is -0.683. The second-order valence-corrected chi connectivity index (χ2v) is 18.7. The van der Waals surface area contributed by atoms with E-state index in [9.17, 15) is 115 Å². The van der Waals surface area contributed by atoms with Crippen LogP contribution in [0.2, 0.25) is 0 Å². The van der Waals surface area contributed by atoms with Gasteiger partial charge in [0.1, 0.15) is 6.15 Å². The maximum Gasteiger partial charge on any atom is 0.416 e. The van der Waals surface area contributed by atoms with Crippen LogP contribution < -0.4 is 26.4 Å². The van der Waals surface area contributed by atoms with Crippen molar-refractivity contribution < 1.29 is 120 Å². The fourth-order valence-corrected chi connectivity index (χ4v) is 9.16. The van der Waals surface area contributed by atoms with E-state index >= 15 is 0 Å². The molecule has 1 aromatic heterocycles. The molecule has 0 atom stereocenters. The summed E-state index contributed by atoms with van der Waals surface area (Å²) in [5.74, 6) is 0.0106. The Morgan fingerprint density at radius 2 is 0.583 bits per heavy atom. The number of carbonyl (C=O) groups excluding carboxylic acids is 2. The fourth-order valence-electron chi connectivity index (χ4n) is 9.16. The van der Waals surface area contributed by atoms with Crippen LogP contribution >= 0.6 is 0 Å². The molecule has 7 aromatic carbocycles. The first kappa shape index (κ1) is 63.3. The molecule has 0 bridgehead atoms. The third-order valence-corrected chi connectivity index (χ3v) is 13.0. The molecule has 3 nitrogen and oxygen atoms in total. The summed E-state index contributed by atoms with van der Waals surface area (Å²) in [5, 5.41) is 2.15. The van der Waals surface area contributed by atoms with Crippen LogP contribution in [-0.2, 0) is 56.0 Å². The van der Waals surface area contributed by atoms with E-state index in [1.54, 1.807) is 41.2 Å². The van der Waals surface area contributed by atoms with E-state index in [0.717, 1.165) is 10.8 Å². The average Bonchev–Trinajstić information content (AvgIpc) is 0.761. The Hall–Kier alpha value is -8.33. The molecule has 28 heteroatoms. The lowest BCUT2D eigenvalue weighted by Crippen LogP contribution is -2.75. The number of fused-ring (bicyclic) bond motifs is 1. The minimum atomic E-state index is -6.13. The van der Waals surface area contributed by atoms with Gasteiger partial charge in [0.25, 0.3) is 0 Å². The van der Waals surface area contributed by atoms with Crippen molar-refractivity contribution in [1.82, 2.24) is 0 Å². The molecule has 0 aliphatic carbocycles. The molecule has 0 saturated heterocycles. The quantitative estimate of drug-likeness (QED) is 0.0625. The molecule has 0 fully saturated rings. The number of halogens is 24. The van der Waals surface area contributed by atoms with Crippen LogP contribution in [0.3, 0.4) is 0 Å². The number of pyridine rings is 1. The van der Waals surface area contributed by atoms with Crippen molar-refractivity contribution in [3.05, 3.63) is 231 Å². The summed E-state index contributed by atoms with van der Waals surface area (Å²) in [5.41, 5.74) is -28.3. The lowest BCUT2D eigenvalue weighted by atomic mass is 9.12. The summed E-state index contributed by atoms with van der Waals surface area (Å²) in [4.78, 5) is 25.1. The van der Waals surface area contributed by atoms with Gasteiger partial charge in [0, 0.05) is 28.8 Å². The van der Waals surface area contributed by atoms with Gasteiger partial charge in [0.2, 0.25) is 12.3 Å². The number of ketones is 2. The number of hydrogen-bond donors (Lipinski definition) is 0. The van der Waals surface area contributed by atoms with Crippen LogP contribution in [0.25, 0.3) is 10.8 Å². The molecule has 0 radical (unpaired) electrons. The predicted molar refractivity (Wildman–Crippen MR) is 255 cm³/mol. The van der Waals surface area contributed by atoms with Crippen LogP contribution in [0.4, 0.5) is 105 Å². The molecule has 442 valence electrons. The van der Waals surface area contributed by atoms with E-state index < -0.39 is 195 Å². The van der Waals surface area contributed by atoms with Crippen molar-refractivity contribution in [3.63, 3.8) is 0 Å². The van der Waals surface area contributed by atoms with E-state index in [4.69, 9.17) is 0 Å². The Balaban J connectivity index is 0.000000309. The molecular formula is C56H30BF24NO2. The number of aromatic nitrogens is 1. The molecule has 8 aromatic rings. The monoisotopic (exact) mass is 1220 g/mol. The summed E-state index contributed by atoms with van der Waals surface area (Å²) in [6.45, 7) is 0.245. The number of nitrogens with zero attached hydrogens (tertiary/aromatic N) is 1. The van der Waals surface area contributed by atoms with Crippen LogP contribution in [-0.4, -0.2) is 17.7 Å². The Morgan fingerprint density at radius 1 is 0.298 bits per heavy atom. The van der Waals surface area contributed by atoms with Crippen LogP contribution in [0, 0.1) is 0 Å². The van der Waals surface area contributed by atoms with Crippen molar-refractivity contribution in [3.8, 4) is 0 Å². The summed E-state index contributed by atoms with van der Waals surface area (Å²) < 4.78 is 343. The first-order chi connectivity index (χ1) is 38.5. The molecule has 0 aliphatic heterocycles. The molecule has 8 rings (SSSR count). The number of rotatable bonds is 9. The van der Waals surface area contributed by atoms with E-state index in [1.165, 1.54) is 0 Å². The number of Topliss-reactive ketones (excluding diaryl/α,β-unsaturated/α-hetero) is 1. The summed E-state index contributed by atoms with van der Waals surface area (Å²) in [6, 6.07) is 17.6. The molecule has 0 unspecified atom stereocenters. The Morgan fingerprint density at radius 3 is 0.881 bits per heavy atom. The average molecular weight is 1220 g/mol. The molecular weight excluding hydrogens is 1190 g/mol. The molecule has 84 heavy (non-hydrogen) atoms. The highest BCUT2D eigenvalue weighted by Gasteiger charge is 2.47. The topological polar surface area (TPSA) is 38.0 Å². The van der Waals surface area contributed by atoms with Gasteiger partial charge < -0.3 is 0 Å². The normalized spacial score (nSPS) is 13.1. The van der Waals surface area contributed by atoms with Crippen LogP contribution in [0.1, 0.15) is 70.8 Å². The Bertz CT molecular complexity index is 3300. The van der Waals surface area contributed by atoms with Gasteiger partial charge in [-0.3, -0.25) is 9.59 Å². The van der Waals surface area contributed by atoms with Gasteiger partial charge in [-0.15, -0.1) is 0 Å². The number of benzene rings is 7. The minimum absolute atomic E-state index is 0.0257. The van der Waals surface area contributed by atoms with Crippen molar-refractivity contribution in [2.24, 2.45) is 0 Å². The maximum absolute atomic E-state index is 14.2. The Kier molecular flexibility index (Phi) is 16.8. The molecule has 0 amide bonds. The number of hydrogen-bond acceptors (Lipinski definition) is 2. The first-order valence-electron chi connectivity index (χ1n) is 23.4.